The standard InChI is InChI=1S/C14H19N3O5S2/c1-5-6-22-10(18)9-13(2,3)23-12-14(11(19)17(9)12)8(7-15-16-14)24(4,20)21/h5,8-9,12H,1,6-7H2,2-4H3/t8-,9-,12+,14-/m0/s1. The summed E-state index contributed by atoms with van der Waals surface area (Å²) in [6, 6.07) is -0.790. The predicted octanol–water partition coefficient (Wildman–Crippen LogP) is 0.396. The maximum absolute atomic E-state index is 12.9. The highest BCUT2D eigenvalue weighted by atomic mass is 32.2. The molecule has 0 aromatic carbocycles. The Morgan fingerprint density at radius 2 is 2.21 bits per heavy atom. The molecule has 0 aliphatic carbocycles. The average Bonchev–Trinajstić information content (AvgIpc) is 3.03. The summed E-state index contributed by atoms with van der Waals surface area (Å²) < 4.78 is 28.7. The zero-order valence-electron chi connectivity index (χ0n) is 13.6. The van der Waals surface area contributed by atoms with Crippen molar-refractivity contribution in [2.24, 2.45) is 10.2 Å². The van der Waals surface area contributed by atoms with Gasteiger partial charge in [0.1, 0.15) is 23.3 Å². The van der Waals surface area contributed by atoms with Crippen molar-refractivity contribution in [1.82, 2.24) is 4.90 Å². The number of fused-ring (bicyclic) bond motifs is 2. The Bertz CT molecular complexity index is 748. The molecule has 1 amide bonds. The van der Waals surface area contributed by atoms with Gasteiger partial charge in [-0.05, 0) is 13.8 Å². The number of azo groups is 1. The lowest BCUT2D eigenvalue weighted by Gasteiger charge is -2.50. The van der Waals surface area contributed by atoms with E-state index in [1.807, 2.05) is 13.8 Å². The summed E-state index contributed by atoms with van der Waals surface area (Å²) in [5.74, 6) is -0.994. The van der Waals surface area contributed by atoms with Crippen LogP contribution in [0, 0.1) is 0 Å². The fourth-order valence-corrected chi connectivity index (χ4v) is 6.65. The molecule has 3 heterocycles. The van der Waals surface area contributed by atoms with Crippen molar-refractivity contribution >= 4 is 33.5 Å². The molecule has 0 N–H and O–H groups in total. The van der Waals surface area contributed by atoms with E-state index in [1.165, 1.54) is 22.7 Å². The van der Waals surface area contributed by atoms with Crippen LogP contribution in [0.4, 0.5) is 0 Å². The minimum absolute atomic E-state index is 0.0263. The lowest BCUT2D eigenvalue weighted by Crippen LogP contribution is -2.76. The van der Waals surface area contributed by atoms with E-state index in [4.69, 9.17) is 4.74 Å². The number of rotatable bonds is 4. The Hall–Kier alpha value is -1.42. The van der Waals surface area contributed by atoms with E-state index >= 15 is 0 Å². The maximum Gasteiger partial charge on any atom is 0.330 e. The molecule has 2 saturated heterocycles. The van der Waals surface area contributed by atoms with Crippen LogP contribution >= 0.6 is 11.8 Å². The van der Waals surface area contributed by atoms with E-state index < -0.39 is 48.7 Å². The van der Waals surface area contributed by atoms with Crippen molar-refractivity contribution in [2.45, 2.75) is 40.8 Å². The number of carbonyl (C=O) groups excluding carboxylic acids is 2. The molecular weight excluding hydrogens is 354 g/mol. The van der Waals surface area contributed by atoms with Gasteiger partial charge in [0, 0.05) is 11.0 Å². The van der Waals surface area contributed by atoms with E-state index in [-0.39, 0.29) is 13.2 Å². The molecule has 0 radical (unpaired) electrons. The molecule has 0 unspecified atom stereocenters. The van der Waals surface area contributed by atoms with E-state index in [0.29, 0.717) is 0 Å². The molecule has 3 aliphatic heterocycles. The molecule has 0 bridgehead atoms. The molecule has 10 heteroatoms. The highest BCUT2D eigenvalue weighted by molar-refractivity contribution is 8.01. The monoisotopic (exact) mass is 373 g/mol. The number of thioether (sulfide) groups is 1. The summed E-state index contributed by atoms with van der Waals surface area (Å²) in [5, 5.41) is 6.36. The predicted molar refractivity (Wildman–Crippen MR) is 88.3 cm³/mol. The highest BCUT2D eigenvalue weighted by Gasteiger charge is 2.77. The fourth-order valence-electron chi connectivity index (χ4n) is 3.55. The molecule has 1 spiro atoms. The van der Waals surface area contributed by atoms with E-state index in [0.717, 1.165) is 6.26 Å². The number of nitrogens with zero attached hydrogens (tertiary/aromatic N) is 3. The van der Waals surface area contributed by atoms with Crippen molar-refractivity contribution in [3.63, 3.8) is 0 Å². The SMILES string of the molecule is C=CCOC(=O)[C@@H]1N2C(=O)[C@]3(N=NC[C@@H]3S(C)(=O)=O)[C@H]2SC1(C)C. The van der Waals surface area contributed by atoms with Crippen LogP contribution in [0.25, 0.3) is 0 Å². The molecule has 0 aromatic rings. The second-order valence-electron chi connectivity index (χ2n) is 6.67. The molecule has 3 aliphatic rings. The van der Waals surface area contributed by atoms with E-state index in [9.17, 15) is 18.0 Å². The molecule has 8 nitrogen and oxygen atoms in total. The number of hydrogen-bond donors (Lipinski definition) is 0. The molecule has 0 saturated carbocycles. The van der Waals surface area contributed by atoms with Gasteiger partial charge >= 0.3 is 5.97 Å². The molecule has 2 fully saturated rings. The van der Waals surface area contributed by atoms with Crippen LogP contribution in [0.2, 0.25) is 0 Å². The van der Waals surface area contributed by atoms with Gasteiger partial charge < -0.3 is 9.64 Å². The van der Waals surface area contributed by atoms with Crippen molar-refractivity contribution in [2.75, 3.05) is 19.4 Å². The Morgan fingerprint density at radius 1 is 1.54 bits per heavy atom. The van der Waals surface area contributed by atoms with Gasteiger partial charge in [0.15, 0.2) is 9.84 Å². The molecule has 24 heavy (non-hydrogen) atoms. The first kappa shape index (κ1) is 17.4. The Balaban J connectivity index is 1.96. The third-order valence-corrected chi connectivity index (χ3v) is 7.80. The zero-order valence-corrected chi connectivity index (χ0v) is 15.3. The van der Waals surface area contributed by atoms with Crippen LogP contribution in [-0.2, 0) is 24.2 Å². The van der Waals surface area contributed by atoms with Gasteiger partial charge in [-0.15, -0.1) is 11.8 Å². The smallest absolute Gasteiger partial charge is 0.330 e. The number of ether oxygens (including phenoxy) is 1. The number of β-lactam (4-membered cyclic amide) rings is 1. The Morgan fingerprint density at radius 3 is 2.79 bits per heavy atom. The van der Waals surface area contributed by atoms with Crippen LogP contribution in [0.5, 0.6) is 0 Å². The summed E-state index contributed by atoms with van der Waals surface area (Å²) in [7, 11) is -3.51. The van der Waals surface area contributed by atoms with Gasteiger partial charge in [-0.1, -0.05) is 12.7 Å². The quantitative estimate of drug-likeness (QED) is 0.401. The van der Waals surface area contributed by atoms with Crippen LogP contribution in [0.3, 0.4) is 0 Å². The summed E-state index contributed by atoms with van der Waals surface area (Å²) in [6.07, 6.45) is 2.54. The summed E-state index contributed by atoms with van der Waals surface area (Å²) in [6.45, 7) is 7.19. The topological polar surface area (TPSA) is 105 Å². The van der Waals surface area contributed by atoms with Crippen molar-refractivity contribution in [3.05, 3.63) is 12.7 Å². The largest absolute Gasteiger partial charge is 0.460 e. The van der Waals surface area contributed by atoms with Gasteiger partial charge in [0.05, 0.1) is 6.54 Å². The molecular formula is C14H19N3O5S2. The van der Waals surface area contributed by atoms with Crippen LogP contribution in [-0.4, -0.2) is 71.6 Å². The third kappa shape index (κ3) is 2.15. The highest BCUT2D eigenvalue weighted by Crippen LogP contribution is 2.59. The van der Waals surface area contributed by atoms with Gasteiger partial charge in [0.25, 0.3) is 5.91 Å². The van der Waals surface area contributed by atoms with Crippen molar-refractivity contribution in [1.29, 1.82) is 0 Å². The fraction of sp³-hybridized carbons (Fsp3) is 0.714. The first-order valence-electron chi connectivity index (χ1n) is 7.43. The minimum Gasteiger partial charge on any atom is -0.460 e. The summed E-state index contributed by atoms with van der Waals surface area (Å²) >= 11 is 1.37. The lowest BCUT2D eigenvalue weighted by atomic mass is 9.83. The second-order valence-corrected chi connectivity index (χ2v) is 10.6. The first-order chi connectivity index (χ1) is 11.1. The molecule has 0 aromatic heterocycles. The van der Waals surface area contributed by atoms with Crippen LogP contribution in [0.1, 0.15) is 13.8 Å². The van der Waals surface area contributed by atoms with Crippen LogP contribution < -0.4 is 0 Å². The number of esters is 1. The van der Waals surface area contributed by atoms with Crippen molar-refractivity contribution < 1.29 is 22.7 Å². The number of amides is 1. The number of hydrogen-bond acceptors (Lipinski definition) is 8. The number of sulfone groups is 1. The molecule has 132 valence electrons. The van der Waals surface area contributed by atoms with Gasteiger partial charge in [0.2, 0.25) is 5.54 Å². The maximum atomic E-state index is 12.9. The van der Waals surface area contributed by atoms with Crippen molar-refractivity contribution in [3.8, 4) is 0 Å². The Labute approximate surface area is 144 Å². The first-order valence-corrected chi connectivity index (χ1v) is 10.3. The second kappa shape index (κ2) is 5.29. The summed E-state index contributed by atoms with van der Waals surface area (Å²) in [4.78, 5) is 26.7. The van der Waals surface area contributed by atoms with E-state index in [2.05, 4.69) is 16.8 Å². The number of carbonyl (C=O) groups is 2. The normalized spacial score (nSPS) is 36.5. The van der Waals surface area contributed by atoms with Gasteiger partial charge in [-0.2, -0.15) is 10.2 Å². The van der Waals surface area contributed by atoms with Gasteiger partial charge in [-0.3, -0.25) is 4.79 Å². The molecule has 4 atom stereocenters. The third-order valence-electron chi connectivity index (χ3n) is 4.62. The zero-order chi connectivity index (χ0) is 17.9. The molecule has 3 rings (SSSR count). The Kier molecular flexibility index (Phi) is 3.83. The van der Waals surface area contributed by atoms with Crippen LogP contribution in [0.15, 0.2) is 22.9 Å². The average molecular weight is 373 g/mol. The lowest BCUT2D eigenvalue weighted by molar-refractivity contribution is -0.167. The van der Waals surface area contributed by atoms with Gasteiger partial charge in [-0.25, -0.2) is 13.2 Å². The minimum atomic E-state index is -3.51. The summed E-state index contributed by atoms with van der Waals surface area (Å²) in [5.41, 5.74) is -1.41. The van der Waals surface area contributed by atoms with E-state index in [1.54, 1.807) is 0 Å².